The molecule has 0 saturated carbocycles. The summed E-state index contributed by atoms with van der Waals surface area (Å²) in [6, 6.07) is 0. The highest BCUT2D eigenvalue weighted by Crippen LogP contribution is 2.34. The zero-order valence-corrected chi connectivity index (χ0v) is 13.0. The third-order valence-corrected chi connectivity index (χ3v) is 3.65. The number of aromatic nitrogens is 4. The Morgan fingerprint density at radius 1 is 1.45 bits per heavy atom. The largest absolute Gasteiger partial charge is 0.363 e. The lowest BCUT2D eigenvalue weighted by atomic mass is 10.1. The van der Waals surface area contributed by atoms with Crippen molar-refractivity contribution in [3.63, 3.8) is 0 Å². The standard InChI is InChI=1S/C12H18FN4O4P/c1-9-12-14-6-10(17(12)16-7-15-9)3-2-4-11(5-13)21-8-22(18,19)20/h6-7,11H,2-5,8H2,1H3,(H2,18,19,20)/t11-/m0/s1. The van der Waals surface area contributed by atoms with Gasteiger partial charge in [-0.05, 0) is 26.2 Å². The van der Waals surface area contributed by atoms with E-state index in [4.69, 9.17) is 14.5 Å². The number of aryl methyl sites for hydroxylation is 2. The summed E-state index contributed by atoms with van der Waals surface area (Å²) in [6.45, 7) is 1.05. The molecule has 0 saturated heterocycles. The maximum atomic E-state index is 12.8. The van der Waals surface area contributed by atoms with Gasteiger partial charge in [0.25, 0.3) is 0 Å². The van der Waals surface area contributed by atoms with Crippen LogP contribution in [0.25, 0.3) is 5.65 Å². The molecule has 0 aliphatic carbocycles. The van der Waals surface area contributed by atoms with E-state index < -0.39 is 26.7 Å². The van der Waals surface area contributed by atoms with Crippen LogP contribution < -0.4 is 0 Å². The lowest BCUT2D eigenvalue weighted by Crippen LogP contribution is -2.16. The molecular weight excluding hydrogens is 314 g/mol. The molecule has 0 aromatic carbocycles. The van der Waals surface area contributed by atoms with Crippen molar-refractivity contribution >= 4 is 13.2 Å². The van der Waals surface area contributed by atoms with E-state index in [1.807, 2.05) is 6.92 Å². The van der Waals surface area contributed by atoms with Crippen LogP contribution in [0.1, 0.15) is 24.2 Å². The summed E-state index contributed by atoms with van der Waals surface area (Å²) in [6.07, 6.45) is 3.11. The zero-order valence-electron chi connectivity index (χ0n) is 12.1. The molecule has 0 aliphatic heterocycles. The molecule has 0 fully saturated rings. The Morgan fingerprint density at radius 3 is 2.91 bits per heavy atom. The van der Waals surface area contributed by atoms with E-state index >= 15 is 0 Å². The minimum atomic E-state index is -4.27. The number of ether oxygens (including phenoxy) is 1. The molecule has 22 heavy (non-hydrogen) atoms. The number of hydrogen-bond donors (Lipinski definition) is 2. The van der Waals surface area contributed by atoms with E-state index in [-0.39, 0.29) is 0 Å². The highest BCUT2D eigenvalue weighted by molar-refractivity contribution is 7.51. The molecule has 0 aliphatic rings. The molecule has 1 atom stereocenters. The van der Waals surface area contributed by atoms with Crippen molar-refractivity contribution in [2.75, 3.05) is 13.0 Å². The first-order chi connectivity index (χ1) is 10.4. The summed E-state index contributed by atoms with van der Waals surface area (Å²) in [5.41, 5.74) is 2.32. The van der Waals surface area contributed by atoms with Gasteiger partial charge < -0.3 is 14.5 Å². The number of hydrogen-bond acceptors (Lipinski definition) is 5. The first kappa shape index (κ1) is 17.0. The average molecular weight is 332 g/mol. The van der Waals surface area contributed by atoms with Crippen molar-refractivity contribution in [2.24, 2.45) is 0 Å². The molecule has 122 valence electrons. The van der Waals surface area contributed by atoms with Gasteiger partial charge in [0.15, 0.2) is 5.65 Å². The van der Waals surface area contributed by atoms with Crippen LogP contribution in [0.15, 0.2) is 12.5 Å². The van der Waals surface area contributed by atoms with Crippen molar-refractivity contribution in [2.45, 2.75) is 32.3 Å². The van der Waals surface area contributed by atoms with Gasteiger partial charge in [0, 0.05) is 0 Å². The summed E-state index contributed by atoms with van der Waals surface area (Å²) in [4.78, 5) is 25.7. The summed E-state index contributed by atoms with van der Waals surface area (Å²) >= 11 is 0. The van der Waals surface area contributed by atoms with Crippen LogP contribution in [0.3, 0.4) is 0 Å². The summed E-state index contributed by atoms with van der Waals surface area (Å²) in [5, 5.41) is 4.12. The van der Waals surface area contributed by atoms with Crippen LogP contribution in [0.5, 0.6) is 0 Å². The Hall–Kier alpha value is -1.41. The molecule has 0 amide bonds. The van der Waals surface area contributed by atoms with Crippen LogP contribution in [-0.4, -0.2) is 48.5 Å². The number of alkyl halides is 1. The van der Waals surface area contributed by atoms with Gasteiger partial charge >= 0.3 is 7.60 Å². The molecule has 0 spiro atoms. The lowest BCUT2D eigenvalue weighted by molar-refractivity contribution is 0.0486. The Labute approximate surface area is 126 Å². The quantitative estimate of drug-likeness (QED) is 0.700. The summed E-state index contributed by atoms with van der Waals surface area (Å²) in [5.74, 6) is 0. The van der Waals surface area contributed by atoms with Gasteiger partial charge in [-0.15, -0.1) is 0 Å². The first-order valence-corrected chi connectivity index (χ1v) is 8.57. The van der Waals surface area contributed by atoms with Gasteiger partial charge in [-0.25, -0.2) is 18.9 Å². The third kappa shape index (κ3) is 4.54. The molecular formula is C12H18FN4O4P. The third-order valence-electron chi connectivity index (χ3n) is 3.16. The predicted octanol–water partition coefficient (Wildman–Crippen LogP) is 1.25. The van der Waals surface area contributed by atoms with E-state index in [2.05, 4.69) is 15.1 Å². The minimum absolute atomic E-state index is 0.355. The van der Waals surface area contributed by atoms with Gasteiger partial charge in [0.1, 0.15) is 19.3 Å². The smallest absolute Gasteiger partial charge is 0.350 e. The van der Waals surface area contributed by atoms with Crippen molar-refractivity contribution in [1.29, 1.82) is 0 Å². The van der Waals surface area contributed by atoms with E-state index in [9.17, 15) is 8.96 Å². The van der Waals surface area contributed by atoms with Crippen molar-refractivity contribution in [3.8, 4) is 0 Å². The zero-order chi connectivity index (χ0) is 16.2. The Balaban J connectivity index is 1.89. The monoisotopic (exact) mass is 332 g/mol. The minimum Gasteiger partial charge on any atom is -0.363 e. The van der Waals surface area contributed by atoms with Crippen molar-refractivity contribution < 1.29 is 23.5 Å². The fourth-order valence-corrected chi connectivity index (χ4v) is 2.47. The molecule has 2 aromatic heterocycles. The maximum Gasteiger partial charge on any atom is 0.350 e. The lowest BCUT2D eigenvalue weighted by Gasteiger charge is -2.14. The fraction of sp³-hybridized carbons (Fsp3) is 0.583. The van der Waals surface area contributed by atoms with Gasteiger partial charge in [-0.1, -0.05) is 0 Å². The van der Waals surface area contributed by atoms with Crippen LogP contribution >= 0.6 is 7.60 Å². The topological polar surface area (TPSA) is 110 Å². The number of fused-ring (bicyclic) bond motifs is 1. The van der Waals surface area contributed by atoms with Gasteiger partial charge in [-0.2, -0.15) is 5.10 Å². The van der Waals surface area contributed by atoms with E-state index in [0.29, 0.717) is 24.9 Å². The normalized spacial score (nSPS) is 13.6. The van der Waals surface area contributed by atoms with Crippen molar-refractivity contribution in [1.82, 2.24) is 19.6 Å². The van der Waals surface area contributed by atoms with E-state index in [0.717, 1.165) is 11.4 Å². The second-order valence-electron chi connectivity index (χ2n) is 4.96. The predicted molar refractivity (Wildman–Crippen MR) is 76.2 cm³/mol. The molecule has 0 bridgehead atoms. The van der Waals surface area contributed by atoms with Crippen LogP contribution in [0.4, 0.5) is 4.39 Å². The molecule has 8 nitrogen and oxygen atoms in total. The number of imidazole rings is 1. The van der Waals surface area contributed by atoms with E-state index in [1.165, 1.54) is 6.33 Å². The molecule has 2 heterocycles. The maximum absolute atomic E-state index is 12.8. The fourth-order valence-electron chi connectivity index (χ4n) is 2.07. The number of rotatable bonds is 8. The van der Waals surface area contributed by atoms with Crippen LogP contribution in [-0.2, 0) is 15.7 Å². The SMILES string of the molecule is Cc1ncnn2c(CCC[C@@H](CF)OCP(=O)(O)O)cnc12. The average Bonchev–Trinajstić information content (AvgIpc) is 2.86. The highest BCUT2D eigenvalue weighted by Gasteiger charge is 2.18. The van der Waals surface area contributed by atoms with Crippen molar-refractivity contribution in [3.05, 3.63) is 23.9 Å². The molecule has 2 rings (SSSR count). The molecule has 0 radical (unpaired) electrons. The molecule has 2 aromatic rings. The summed E-state index contributed by atoms with van der Waals surface area (Å²) < 4.78 is 30.1. The second-order valence-corrected chi connectivity index (χ2v) is 6.55. The highest BCUT2D eigenvalue weighted by atomic mass is 31.2. The first-order valence-electron chi connectivity index (χ1n) is 6.77. The Kier molecular flexibility index (Phi) is 5.57. The van der Waals surface area contributed by atoms with Gasteiger partial charge in [0.05, 0.1) is 23.7 Å². The van der Waals surface area contributed by atoms with Gasteiger partial charge in [-0.3, -0.25) is 4.57 Å². The number of nitrogens with zero attached hydrogens (tertiary/aromatic N) is 4. The summed E-state index contributed by atoms with van der Waals surface area (Å²) in [7, 11) is -4.27. The Morgan fingerprint density at radius 2 is 2.23 bits per heavy atom. The number of halogens is 1. The van der Waals surface area contributed by atoms with Gasteiger partial charge in [0.2, 0.25) is 0 Å². The molecule has 2 N–H and O–H groups in total. The van der Waals surface area contributed by atoms with Crippen LogP contribution in [0, 0.1) is 6.92 Å². The second kappa shape index (κ2) is 7.23. The van der Waals surface area contributed by atoms with Crippen LogP contribution in [0.2, 0.25) is 0 Å². The Bertz CT molecular complexity index is 674. The molecule has 0 unspecified atom stereocenters. The van der Waals surface area contributed by atoms with E-state index in [1.54, 1.807) is 10.7 Å². The molecule has 10 heteroatoms.